The molecule has 0 aliphatic heterocycles. The van der Waals surface area contributed by atoms with E-state index in [0.717, 1.165) is 0 Å². The van der Waals surface area contributed by atoms with Gasteiger partial charge in [0.05, 0.1) is 12.2 Å². The fraction of sp³-hybridized carbons (Fsp3) is 0.222. The highest BCUT2D eigenvalue weighted by atomic mass is 19.1. The molecule has 0 heterocycles. The summed E-state index contributed by atoms with van der Waals surface area (Å²) in [7, 11) is 0. The monoisotopic (exact) mass is 168 g/mol. The Balaban J connectivity index is 3.04. The molecule has 3 heteroatoms. The minimum absolute atomic E-state index is 0.0287. The highest BCUT2D eigenvalue weighted by Crippen LogP contribution is 2.18. The number of carbonyl (C=O) groups is 1. The quantitative estimate of drug-likeness (QED) is 0.645. The first-order valence-electron chi connectivity index (χ1n) is 3.66. The van der Waals surface area contributed by atoms with E-state index >= 15 is 0 Å². The number of carbonyl (C=O) groups excluding carboxylic acids is 1. The van der Waals surface area contributed by atoms with E-state index in [0.29, 0.717) is 12.9 Å². The smallest absolute Gasteiger partial charge is 0.175 e. The molecule has 0 fully saturated rings. The first-order chi connectivity index (χ1) is 5.79. The molecule has 0 saturated carbocycles. The van der Waals surface area contributed by atoms with E-state index in [9.17, 15) is 9.18 Å². The molecule has 1 rings (SSSR count). The van der Waals surface area contributed by atoms with Gasteiger partial charge in [-0.2, -0.15) is 0 Å². The lowest BCUT2D eigenvalue weighted by atomic mass is 10.2. The Morgan fingerprint density at radius 1 is 1.58 bits per heavy atom. The Morgan fingerprint density at radius 3 is 2.92 bits per heavy atom. The Kier molecular flexibility index (Phi) is 2.80. The van der Waals surface area contributed by atoms with E-state index < -0.39 is 5.82 Å². The first-order valence-corrected chi connectivity index (χ1v) is 3.66. The molecule has 0 aliphatic carbocycles. The third-order valence-electron chi connectivity index (χ3n) is 1.42. The van der Waals surface area contributed by atoms with Crippen LogP contribution in [0, 0.1) is 5.82 Å². The zero-order valence-electron chi connectivity index (χ0n) is 6.71. The Morgan fingerprint density at radius 2 is 2.33 bits per heavy atom. The highest BCUT2D eigenvalue weighted by molar-refractivity contribution is 5.76. The van der Waals surface area contributed by atoms with E-state index in [1.165, 1.54) is 12.1 Å². The summed E-state index contributed by atoms with van der Waals surface area (Å²) in [6.45, 7) is 2.15. The predicted molar refractivity (Wildman–Crippen MR) is 43.0 cm³/mol. The molecular formula is C9H9FO2. The molecule has 12 heavy (non-hydrogen) atoms. The van der Waals surface area contributed by atoms with E-state index in [2.05, 4.69) is 0 Å². The van der Waals surface area contributed by atoms with Gasteiger partial charge in [0, 0.05) is 0 Å². The number of benzene rings is 1. The standard InChI is InChI=1S/C9H9FO2/c1-2-12-8-5-3-4-7(6-11)9(8)10/h3-6H,2H2,1H3. The van der Waals surface area contributed by atoms with Gasteiger partial charge in [0.1, 0.15) is 0 Å². The average molecular weight is 168 g/mol. The maximum absolute atomic E-state index is 13.1. The van der Waals surface area contributed by atoms with Gasteiger partial charge in [0.2, 0.25) is 0 Å². The van der Waals surface area contributed by atoms with Gasteiger partial charge in [-0.25, -0.2) is 4.39 Å². The van der Waals surface area contributed by atoms with E-state index in [1.807, 2.05) is 0 Å². The van der Waals surface area contributed by atoms with E-state index in [1.54, 1.807) is 13.0 Å². The molecular weight excluding hydrogens is 159 g/mol. The van der Waals surface area contributed by atoms with Crippen LogP contribution in [0.3, 0.4) is 0 Å². The number of hydrogen-bond donors (Lipinski definition) is 0. The highest BCUT2D eigenvalue weighted by Gasteiger charge is 2.06. The molecule has 0 bridgehead atoms. The van der Waals surface area contributed by atoms with Gasteiger partial charge in [-0.15, -0.1) is 0 Å². The van der Waals surface area contributed by atoms with Crippen molar-refractivity contribution in [1.82, 2.24) is 0 Å². The Labute approximate surface area is 70.0 Å². The third-order valence-corrected chi connectivity index (χ3v) is 1.42. The normalized spacial score (nSPS) is 9.50. The van der Waals surface area contributed by atoms with Crippen molar-refractivity contribution in [3.05, 3.63) is 29.6 Å². The topological polar surface area (TPSA) is 26.3 Å². The van der Waals surface area contributed by atoms with Crippen molar-refractivity contribution in [2.24, 2.45) is 0 Å². The van der Waals surface area contributed by atoms with Crippen LogP contribution in [-0.2, 0) is 0 Å². The summed E-state index contributed by atoms with van der Waals surface area (Å²) in [6.07, 6.45) is 0.470. The fourth-order valence-electron chi connectivity index (χ4n) is 0.886. The average Bonchev–Trinajstić information content (AvgIpc) is 2.09. The van der Waals surface area contributed by atoms with Crippen LogP contribution in [-0.4, -0.2) is 12.9 Å². The summed E-state index contributed by atoms with van der Waals surface area (Å²) in [5.41, 5.74) is 0.0287. The molecule has 0 saturated heterocycles. The summed E-state index contributed by atoms with van der Waals surface area (Å²) in [5, 5.41) is 0. The fourth-order valence-corrected chi connectivity index (χ4v) is 0.886. The SMILES string of the molecule is CCOc1cccc(C=O)c1F. The van der Waals surface area contributed by atoms with Gasteiger partial charge in [-0.3, -0.25) is 4.79 Å². The van der Waals surface area contributed by atoms with Crippen molar-refractivity contribution < 1.29 is 13.9 Å². The van der Waals surface area contributed by atoms with Crippen LogP contribution in [0.25, 0.3) is 0 Å². The molecule has 0 N–H and O–H groups in total. The molecule has 64 valence electrons. The third kappa shape index (κ3) is 1.61. The van der Waals surface area contributed by atoms with Crippen molar-refractivity contribution >= 4 is 6.29 Å². The predicted octanol–water partition coefficient (Wildman–Crippen LogP) is 2.04. The minimum atomic E-state index is -0.589. The summed E-state index contributed by atoms with van der Waals surface area (Å²) >= 11 is 0. The van der Waals surface area contributed by atoms with Crippen LogP contribution < -0.4 is 4.74 Å². The molecule has 0 aliphatic rings. The van der Waals surface area contributed by atoms with Crippen LogP contribution in [0.1, 0.15) is 17.3 Å². The Bertz CT molecular complexity index is 284. The lowest BCUT2D eigenvalue weighted by Crippen LogP contribution is -1.97. The van der Waals surface area contributed by atoms with Crippen molar-refractivity contribution in [2.45, 2.75) is 6.92 Å². The number of hydrogen-bond acceptors (Lipinski definition) is 2. The second kappa shape index (κ2) is 3.85. The molecule has 2 nitrogen and oxygen atoms in total. The summed E-state index contributed by atoms with van der Waals surface area (Å²) < 4.78 is 18.0. The summed E-state index contributed by atoms with van der Waals surface area (Å²) in [5.74, 6) is -0.462. The van der Waals surface area contributed by atoms with Gasteiger partial charge in [0.15, 0.2) is 17.9 Å². The maximum Gasteiger partial charge on any atom is 0.175 e. The number of halogens is 1. The van der Waals surface area contributed by atoms with Crippen molar-refractivity contribution in [3.63, 3.8) is 0 Å². The van der Waals surface area contributed by atoms with Crippen LogP contribution in [0.2, 0.25) is 0 Å². The molecule has 0 amide bonds. The second-order valence-corrected chi connectivity index (χ2v) is 2.21. The number of ether oxygens (including phenoxy) is 1. The van der Waals surface area contributed by atoms with Crippen molar-refractivity contribution in [2.75, 3.05) is 6.61 Å². The number of aldehydes is 1. The Hall–Kier alpha value is -1.38. The van der Waals surface area contributed by atoms with Crippen LogP contribution in [0.15, 0.2) is 18.2 Å². The zero-order valence-corrected chi connectivity index (χ0v) is 6.71. The van der Waals surface area contributed by atoms with E-state index in [-0.39, 0.29) is 11.3 Å². The van der Waals surface area contributed by atoms with Crippen LogP contribution in [0.4, 0.5) is 4.39 Å². The zero-order chi connectivity index (χ0) is 8.97. The minimum Gasteiger partial charge on any atom is -0.491 e. The molecule has 0 unspecified atom stereocenters. The van der Waals surface area contributed by atoms with E-state index in [4.69, 9.17) is 4.74 Å². The summed E-state index contributed by atoms with van der Waals surface area (Å²) in [4.78, 5) is 10.3. The van der Waals surface area contributed by atoms with Gasteiger partial charge in [0.25, 0.3) is 0 Å². The van der Waals surface area contributed by atoms with Gasteiger partial charge >= 0.3 is 0 Å². The lowest BCUT2D eigenvalue weighted by molar-refractivity contribution is 0.111. The van der Waals surface area contributed by atoms with Gasteiger partial charge in [-0.1, -0.05) is 6.07 Å². The summed E-state index contributed by atoms with van der Waals surface area (Å²) in [6, 6.07) is 4.48. The molecule has 1 aromatic carbocycles. The molecule has 0 spiro atoms. The van der Waals surface area contributed by atoms with Crippen molar-refractivity contribution in [1.29, 1.82) is 0 Å². The molecule has 0 aromatic heterocycles. The van der Waals surface area contributed by atoms with Gasteiger partial charge < -0.3 is 4.74 Å². The molecule has 0 radical (unpaired) electrons. The molecule has 1 aromatic rings. The maximum atomic E-state index is 13.1. The number of rotatable bonds is 3. The first kappa shape index (κ1) is 8.71. The van der Waals surface area contributed by atoms with Crippen molar-refractivity contribution in [3.8, 4) is 5.75 Å². The van der Waals surface area contributed by atoms with Crippen LogP contribution in [0.5, 0.6) is 5.75 Å². The lowest BCUT2D eigenvalue weighted by Gasteiger charge is -2.04. The van der Waals surface area contributed by atoms with Gasteiger partial charge in [-0.05, 0) is 19.1 Å². The molecule has 0 atom stereocenters. The second-order valence-electron chi connectivity index (χ2n) is 2.21. The van der Waals surface area contributed by atoms with Crippen LogP contribution >= 0.6 is 0 Å². The largest absolute Gasteiger partial charge is 0.491 e.